The molecule has 1 fully saturated rings. The van der Waals surface area contributed by atoms with Gasteiger partial charge in [-0.15, -0.1) is 0 Å². The number of aromatic nitrogens is 1. The van der Waals surface area contributed by atoms with Gasteiger partial charge in [-0.25, -0.2) is 0 Å². The van der Waals surface area contributed by atoms with Gasteiger partial charge in [-0.3, -0.25) is 4.98 Å². The van der Waals surface area contributed by atoms with E-state index in [1.807, 2.05) is 42.6 Å². The lowest BCUT2D eigenvalue weighted by Crippen LogP contribution is -2.38. The van der Waals surface area contributed by atoms with Crippen molar-refractivity contribution in [1.82, 2.24) is 4.98 Å². The Hall–Kier alpha value is -1.52. The number of halogens is 3. The molecule has 0 saturated heterocycles. The lowest BCUT2D eigenvalue weighted by molar-refractivity contribution is 0.391. The molecule has 2 N–H and O–H groups in total. The fourth-order valence-corrected chi connectivity index (χ4v) is 4.58. The first kappa shape index (κ1) is 18.8. The van der Waals surface area contributed by atoms with Crippen LogP contribution in [0.4, 0.5) is 11.4 Å². The van der Waals surface area contributed by atoms with Gasteiger partial charge in [0.05, 0.1) is 11.2 Å². The van der Waals surface area contributed by atoms with E-state index in [2.05, 4.69) is 9.88 Å². The second-order valence-electron chi connectivity index (χ2n) is 7.06. The van der Waals surface area contributed by atoms with E-state index in [1.165, 1.54) is 0 Å². The molecule has 0 amide bonds. The van der Waals surface area contributed by atoms with E-state index in [9.17, 15) is 0 Å². The first-order valence-corrected chi connectivity index (χ1v) is 10.2. The Morgan fingerprint density at radius 1 is 0.852 bits per heavy atom. The molecule has 0 radical (unpaired) electrons. The van der Waals surface area contributed by atoms with Gasteiger partial charge in [0, 0.05) is 44.4 Å². The lowest BCUT2D eigenvalue weighted by atomic mass is 9.90. The highest BCUT2D eigenvalue weighted by Crippen LogP contribution is 2.39. The maximum atomic E-state index is 6.32. The second kappa shape index (κ2) is 7.84. The topological polar surface area (TPSA) is 42.1 Å². The molecule has 140 valence electrons. The van der Waals surface area contributed by atoms with Crippen LogP contribution in [0.1, 0.15) is 25.7 Å². The highest BCUT2D eigenvalue weighted by atomic mass is 35.5. The quantitative estimate of drug-likeness (QED) is 0.519. The zero-order chi connectivity index (χ0) is 19.0. The van der Waals surface area contributed by atoms with Crippen molar-refractivity contribution in [2.75, 3.05) is 4.90 Å². The van der Waals surface area contributed by atoms with Crippen molar-refractivity contribution >= 4 is 57.1 Å². The Kier molecular flexibility index (Phi) is 5.47. The number of nitrogens with two attached hydrogens (primary N) is 1. The molecule has 0 spiro atoms. The Morgan fingerprint density at radius 2 is 1.56 bits per heavy atom. The molecule has 2 aromatic carbocycles. The molecule has 3 aromatic rings. The SMILES string of the molecule is NC1CCC(N(c2cc(Cl)cc(Cl)c2)c2ccnc3cc(Cl)ccc23)CC1. The lowest BCUT2D eigenvalue weighted by Gasteiger charge is -2.38. The molecule has 1 saturated carbocycles. The minimum Gasteiger partial charge on any atom is -0.338 e. The predicted octanol–water partition coefficient (Wildman–Crippen LogP) is 6.60. The minimum atomic E-state index is 0.277. The number of nitrogens with zero attached hydrogens (tertiary/aromatic N) is 2. The van der Waals surface area contributed by atoms with E-state index in [-0.39, 0.29) is 6.04 Å². The van der Waals surface area contributed by atoms with Crippen LogP contribution in [0, 0.1) is 0 Å². The van der Waals surface area contributed by atoms with Crippen LogP contribution in [-0.2, 0) is 0 Å². The van der Waals surface area contributed by atoms with Crippen molar-refractivity contribution < 1.29 is 0 Å². The number of anilines is 2. The molecule has 0 unspecified atom stereocenters. The molecule has 3 nitrogen and oxygen atoms in total. The van der Waals surface area contributed by atoms with E-state index in [0.29, 0.717) is 21.1 Å². The van der Waals surface area contributed by atoms with Crippen molar-refractivity contribution in [1.29, 1.82) is 0 Å². The van der Waals surface area contributed by atoms with Gasteiger partial charge >= 0.3 is 0 Å². The maximum absolute atomic E-state index is 6.32. The molecule has 1 aromatic heterocycles. The summed E-state index contributed by atoms with van der Waals surface area (Å²) in [6, 6.07) is 14.1. The monoisotopic (exact) mass is 419 g/mol. The van der Waals surface area contributed by atoms with Crippen molar-refractivity contribution in [3.8, 4) is 0 Å². The maximum Gasteiger partial charge on any atom is 0.0737 e. The van der Waals surface area contributed by atoms with E-state index < -0.39 is 0 Å². The van der Waals surface area contributed by atoms with Crippen molar-refractivity contribution in [3.63, 3.8) is 0 Å². The molecule has 6 heteroatoms. The van der Waals surface area contributed by atoms with Crippen LogP contribution in [0.2, 0.25) is 15.1 Å². The van der Waals surface area contributed by atoms with Crippen LogP contribution in [0.25, 0.3) is 10.9 Å². The first-order chi connectivity index (χ1) is 13.0. The Labute approximate surface area is 174 Å². The molecule has 1 heterocycles. The summed E-state index contributed by atoms with van der Waals surface area (Å²) in [5.41, 5.74) is 9.07. The van der Waals surface area contributed by atoms with Crippen LogP contribution in [0.5, 0.6) is 0 Å². The minimum absolute atomic E-state index is 0.277. The molecule has 0 aliphatic heterocycles. The summed E-state index contributed by atoms with van der Waals surface area (Å²) in [5.74, 6) is 0. The van der Waals surface area contributed by atoms with Gasteiger partial charge < -0.3 is 10.6 Å². The van der Waals surface area contributed by atoms with Crippen LogP contribution < -0.4 is 10.6 Å². The van der Waals surface area contributed by atoms with E-state index in [4.69, 9.17) is 40.5 Å². The third kappa shape index (κ3) is 4.02. The van der Waals surface area contributed by atoms with Gasteiger partial charge in [-0.2, -0.15) is 0 Å². The highest BCUT2D eigenvalue weighted by molar-refractivity contribution is 6.35. The molecule has 1 aliphatic carbocycles. The number of rotatable bonds is 3. The molecule has 27 heavy (non-hydrogen) atoms. The summed E-state index contributed by atoms with van der Waals surface area (Å²) in [5, 5.41) is 2.97. The van der Waals surface area contributed by atoms with Crippen LogP contribution in [0.3, 0.4) is 0 Å². The van der Waals surface area contributed by atoms with Gasteiger partial charge in [-0.1, -0.05) is 34.8 Å². The van der Waals surface area contributed by atoms with Gasteiger partial charge in [0.15, 0.2) is 0 Å². The predicted molar refractivity (Wildman–Crippen MR) is 116 cm³/mol. The Balaban J connectivity index is 1.88. The van der Waals surface area contributed by atoms with Crippen LogP contribution in [0.15, 0.2) is 48.7 Å². The number of pyridine rings is 1. The van der Waals surface area contributed by atoms with Gasteiger partial charge in [0.25, 0.3) is 0 Å². The average molecular weight is 421 g/mol. The smallest absolute Gasteiger partial charge is 0.0737 e. The van der Waals surface area contributed by atoms with E-state index in [0.717, 1.165) is 48.0 Å². The molecule has 0 bridgehead atoms. The normalized spacial score (nSPS) is 20.0. The average Bonchev–Trinajstić information content (AvgIpc) is 2.62. The van der Waals surface area contributed by atoms with Crippen molar-refractivity contribution in [3.05, 3.63) is 63.7 Å². The molecular formula is C21H20Cl3N3. The van der Waals surface area contributed by atoms with E-state index >= 15 is 0 Å². The second-order valence-corrected chi connectivity index (χ2v) is 8.37. The highest BCUT2D eigenvalue weighted by Gasteiger charge is 2.27. The molecular weight excluding hydrogens is 401 g/mol. The van der Waals surface area contributed by atoms with Crippen LogP contribution in [-0.4, -0.2) is 17.1 Å². The van der Waals surface area contributed by atoms with Crippen molar-refractivity contribution in [2.24, 2.45) is 5.73 Å². The number of hydrogen-bond donors (Lipinski definition) is 1. The van der Waals surface area contributed by atoms with Gasteiger partial charge in [0.1, 0.15) is 0 Å². The molecule has 0 atom stereocenters. The number of benzene rings is 2. The summed E-state index contributed by atoms with van der Waals surface area (Å²) < 4.78 is 0. The summed E-state index contributed by atoms with van der Waals surface area (Å²) in [4.78, 5) is 6.82. The van der Waals surface area contributed by atoms with Gasteiger partial charge in [-0.05, 0) is 68.1 Å². The number of hydrogen-bond acceptors (Lipinski definition) is 3. The first-order valence-electron chi connectivity index (χ1n) is 9.06. The third-order valence-electron chi connectivity index (χ3n) is 5.17. The Morgan fingerprint density at radius 3 is 2.26 bits per heavy atom. The summed E-state index contributed by atoms with van der Waals surface area (Å²) in [6.45, 7) is 0. The summed E-state index contributed by atoms with van der Waals surface area (Å²) in [7, 11) is 0. The zero-order valence-corrected chi connectivity index (χ0v) is 17.0. The molecule has 1 aliphatic rings. The fraction of sp³-hybridized carbons (Fsp3) is 0.286. The Bertz CT molecular complexity index is 948. The summed E-state index contributed by atoms with van der Waals surface area (Å²) in [6.07, 6.45) is 5.86. The van der Waals surface area contributed by atoms with Crippen molar-refractivity contribution in [2.45, 2.75) is 37.8 Å². The number of fused-ring (bicyclic) bond motifs is 1. The standard InChI is InChI=1S/C21H20Cl3N3/c22-13-1-6-19-20(12-13)26-8-7-21(19)27(17-4-2-16(25)3-5-17)18-10-14(23)9-15(24)11-18/h1,6-12,16-17H,2-5,25H2. The van der Waals surface area contributed by atoms with Gasteiger partial charge in [0.2, 0.25) is 0 Å². The van der Waals surface area contributed by atoms with E-state index in [1.54, 1.807) is 6.07 Å². The largest absolute Gasteiger partial charge is 0.338 e. The third-order valence-corrected chi connectivity index (χ3v) is 5.84. The van der Waals surface area contributed by atoms with Crippen LogP contribution >= 0.6 is 34.8 Å². The zero-order valence-electron chi connectivity index (χ0n) is 14.7. The molecule has 4 rings (SSSR count). The summed E-state index contributed by atoms with van der Waals surface area (Å²) >= 11 is 18.8. The fourth-order valence-electron chi connectivity index (χ4n) is 3.90.